The highest BCUT2D eigenvalue weighted by Crippen LogP contribution is 2.27. The van der Waals surface area contributed by atoms with Gasteiger partial charge in [-0.25, -0.2) is 9.78 Å². The molecule has 0 saturated carbocycles. The van der Waals surface area contributed by atoms with Crippen LogP contribution in [0.5, 0.6) is 0 Å². The minimum absolute atomic E-state index is 0.0576. The average molecular weight is 427 g/mol. The van der Waals surface area contributed by atoms with Gasteiger partial charge in [0.15, 0.2) is 5.13 Å². The second-order valence-electron chi connectivity index (χ2n) is 6.77. The first-order valence-electron chi connectivity index (χ1n) is 9.16. The molecule has 29 heavy (non-hydrogen) atoms. The number of benzene rings is 2. The van der Waals surface area contributed by atoms with Crippen LogP contribution in [0.25, 0.3) is 0 Å². The minimum Gasteiger partial charge on any atom is -0.333 e. The lowest BCUT2D eigenvalue weighted by Gasteiger charge is -2.28. The number of hydrogen-bond donors (Lipinski definition) is 2. The molecule has 2 N–H and O–H groups in total. The fourth-order valence-electron chi connectivity index (χ4n) is 3.29. The van der Waals surface area contributed by atoms with Crippen molar-refractivity contribution in [2.24, 2.45) is 0 Å². The van der Waals surface area contributed by atoms with Crippen molar-refractivity contribution in [3.63, 3.8) is 0 Å². The SMILES string of the molecule is Cc1nc(NC(=O)Nc2cccc(Cl)c2)sc1C(=O)N1CCc2ccccc2C1. The van der Waals surface area contributed by atoms with Crippen LogP contribution in [0, 0.1) is 6.92 Å². The van der Waals surface area contributed by atoms with Gasteiger partial charge >= 0.3 is 6.03 Å². The molecule has 148 valence electrons. The van der Waals surface area contributed by atoms with Crippen molar-refractivity contribution in [2.45, 2.75) is 19.9 Å². The van der Waals surface area contributed by atoms with Crippen molar-refractivity contribution in [1.82, 2.24) is 9.88 Å². The quantitative estimate of drug-likeness (QED) is 0.622. The zero-order valence-electron chi connectivity index (χ0n) is 15.7. The zero-order chi connectivity index (χ0) is 20.4. The minimum atomic E-state index is -0.438. The molecule has 1 aromatic heterocycles. The molecule has 3 aromatic rings. The van der Waals surface area contributed by atoms with Gasteiger partial charge in [0, 0.05) is 23.8 Å². The molecular formula is C21H19ClN4O2S. The summed E-state index contributed by atoms with van der Waals surface area (Å²) in [7, 11) is 0. The fourth-order valence-corrected chi connectivity index (χ4v) is 4.41. The van der Waals surface area contributed by atoms with Crippen molar-refractivity contribution in [2.75, 3.05) is 17.2 Å². The summed E-state index contributed by atoms with van der Waals surface area (Å²) in [5, 5.41) is 6.30. The van der Waals surface area contributed by atoms with E-state index in [0.29, 0.717) is 39.5 Å². The number of nitrogens with one attached hydrogen (secondary N) is 2. The van der Waals surface area contributed by atoms with Crippen LogP contribution in [-0.4, -0.2) is 28.4 Å². The Labute approximate surface area is 177 Å². The molecule has 4 rings (SSSR count). The topological polar surface area (TPSA) is 74.3 Å². The third-order valence-electron chi connectivity index (χ3n) is 4.71. The highest BCUT2D eigenvalue weighted by atomic mass is 35.5. The smallest absolute Gasteiger partial charge is 0.325 e. The summed E-state index contributed by atoms with van der Waals surface area (Å²) < 4.78 is 0. The molecule has 0 radical (unpaired) electrons. The Morgan fingerprint density at radius 2 is 1.90 bits per heavy atom. The van der Waals surface area contributed by atoms with E-state index in [4.69, 9.17) is 11.6 Å². The van der Waals surface area contributed by atoms with Crippen molar-refractivity contribution in [3.05, 3.63) is 75.3 Å². The highest BCUT2D eigenvalue weighted by molar-refractivity contribution is 7.17. The Morgan fingerprint density at radius 3 is 2.69 bits per heavy atom. The summed E-state index contributed by atoms with van der Waals surface area (Å²) in [4.78, 5) is 32.0. The monoisotopic (exact) mass is 426 g/mol. The number of hydrogen-bond acceptors (Lipinski definition) is 4. The number of aryl methyl sites for hydroxylation is 1. The van der Waals surface area contributed by atoms with Crippen LogP contribution in [0.15, 0.2) is 48.5 Å². The first-order chi connectivity index (χ1) is 14.0. The largest absolute Gasteiger partial charge is 0.333 e. The summed E-state index contributed by atoms with van der Waals surface area (Å²) in [6.45, 7) is 3.04. The molecule has 0 atom stereocenters. The van der Waals surface area contributed by atoms with E-state index in [1.807, 2.05) is 17.0 Å². The van der Waals surface area contributed by atoms with E-state index in [9.17, 15) is 9.59 Å². The van der Waals surface area contributed by atoms with Crippen molar-refractivity contribution in [3.8, 4) is 0 Å². The molecule has 0 unspecified atom stereocenters. The normalized spacial score (nSPS) is 13.0. The first-order valence-corrected chi connectivity index (χ1v) is 10.4. The number of halogens is 1. The third kappa shape index (κ3) is 4.41. The third-order valence-corrected chi connectivity index (χ3v) is 6.01. The van der Waals surface area contributed by atoms with Gasteiger partial charge in [0.1, 0.15) is 4.88 Å². The summed E-state index contributed by atoms with van der Waals surface area (Å²) in [6, 6.07) is 14.6. The highest BCUT2D eigenvalue weighted by Gasteiger charge is 2.25. The van der Waals surface area contributed by atoms with E-state index < -0.39 is 6.03 Å². The van der Waals surface area contributed by atoms with Crippen LogP contribution < -0.4 is 10.6 Å². The lowest BCUT2D eigenvalue weighted by atomic mass is 10.00. The van der Waals surface area contributed by atoms with Crippen LogP contribution in [0.1, 0.15) is 26.5 Å². The first kappa shape index (κ1) is 19.4. The van der Waals surface area contributed by atoms with Crippen LogP contribution in [0.2, 0.25) is 5.02 Å². The molecule has 0 fully saturated rings. The number of anilines is 2. The Kier molecular flexibility index (Phi) is 5.51. The number of urea groups is 1. The summed E-state index contributed by atoms with van der Waals surface area (Å²) in [5.41, 5.74) is 3.65. The molecular weight excluding hydrogens is 408 g/mol. The number of amides is 3. The van der Waals surface area contributed by atoms with Crippen LogP contribution in [0.3, 0.4) is 0 Å². The van der Waals surface area contributed by atoms with E-state index in [-0.39, 0.29) is 5.91 Å². The second-order valence-corrected chi connectivity index (χ2v) is 8.20. The summed E-state index contributed by atoms with van der Waals surface area (Å²) in [5.74, 6) is -0.0576. The molecule has 8 heteroatoms. The maximum atomic E-state index is 13.0. The molecule has 0 bridgehead atoms. The molecule has 2 heterocycles. The number of fused-ring (bicyclic) bond motifs is 1. The number of carbonyl (C=O) groups excluding carboxylic acids is 2. The van der Waals surface area contributed by atoms with Crippen molar-refractivity contribution < 1.29 is 9.59 Å². The summed E-state index contributed by atoms with van der Waals surface area (Å²) in [6.07, 6.45) is 0.840. The van der Waals surface area contributed by atoms with Gasteiger partial charge in [-0.1, -0.05) is 53.3 Å². The molecule has 0 aliphatic carbocycles. The van der Waals surface area contributed by atoms with E-state index in [2.05, 4.69) is 27.8 Å². The average Bonchev–Trinajstić information content (AvgIpc) is 3.06. The molecule has 2 aromatic carbocycles. The van der Waals surface area contributed by atoms with Gasteiger partial charge in [-0.3, -0.25) is 10.1 Å². The van der Waals surface area contributed by atoms with Crippen LogP contribution in [0.4, 0.5) is 15.6 Å². The Hall–Kier alpha value is -2.90. The lowest BCUT2D eigenvalue weighted by molar-refractivity contribution is 0.0738. The molecule has 1 aliphatic rings. The number of rotatable bonds is 3. The van der Waals surface area contributed by atoms with Gasteiger partial charge in [-0.2, -0.15) is 0 Å². The Balaban J connectivity index is 1.44. The van der Waals surface area contributed by atoms with E-state index in [1.165, 1.54) is 22.5 Å². The van der Waals surface area contributed by atoms with Gasteiger partial charge < -0.3 is 10.2 Å². The van der Waals surface area contributed by atoms with Gasteiger partial charge in [0.25, 0.3) is 5.91 Å². The van der Waals surface area contributed by atoms with E-state index in [1.54, 1.807) is 31.2 Å². The number of thiazole rings is 1. The second kappa shape index (κ2) is 8.23. The van der Waals surface area contributed by atoms with Crippen LogP contribution >= 0.6 is 22.9 Å². The predicted molar refractivity (Wildman–Crippen MR) is 116 cm³/mol. The molecule has 1 aliphatic heterocycles. The maximum Gasteiger partial charge on any atom is 0.325 e. The maximum absolute atomic E-state index is 13.0. The predicted octanol–water partition coefficient (Wildman–Crippen LogP) is 4.95. The molecule has 0 saturated heterocycles. The van der Waals surface area contributed by atoms with Crippen molar-refractivity contribution in [1.29, 1.82) is 0 Å². The molecule has 3 amide bonds. The standard InChI is InChI=1S/C21H19ClN4O2S/c1-13-18(19(27)26-10-9-14-5-2-3-6-15(14)12-26)29-21(23-13)25-20(28)24-17-8-4-7-16(22)11-17/h2-8,11H,9-10,12H2,1H3,(H2,23,24,25,28). The lowest BCUT2D eigenvalue weighted by Crippen LogP contribution is -2.35. The van der Waals surface area contributed by atoms with Gasteiger partial charge in [0.05, 0.1) is 5.69 Å². The molecule has 0 spiro atoms. The summed E-state index contributed by atoms with van der Waals surface area (Å²) >= 11 is 7.11. The Bertz CT molecular complexity index is 1080. The van der Waals surface area contributed by atoms with E-state index >= 15 is 0 Å². The zero-order valence-corrected chi connectivity index (χ0v) is 17.3. The number of carbonyl (C=O) groups is 2. The van der Waals surface area contributed by atoms with Crippen LogP contribution in [-0.2, 0) is 13.0 Å². The Morgan fingerprint density at radius 1 is 1.10 bits per heavy atom. The number of nitrogens with zero attached hydrogens (tertiary/aromatic N) is 2. The molecule has 6 nitrogen and oxygen atoms in total. The van der Waals surface area contributed by atoms with Gasteiger partial charge in [0.2, 0.25) is 0 Å². The van der Waals surface area contributed by atoms with E-state index in [0.717, 1.165) is 6.42 Å². The van der Waals surface area contributed by atoms with Gasteiger partial charge in [-0.05, 0) is 42.7 Å². The number of aromatic nitrogens is 1. The fraction of sp³-hybridized carbons (Fsp3) is 0.190. The van der Waals surface area contributed by atoms with Gasteiger partial charge in [-0.15, -0.1) is 0 Å². The van der Waals surface area contributed by atoms with Crippen molar-refractivity contribution >= 4 is 45.7 Å².